The summed E-state index contributed by atoms with van der Waals surface area (Å²) >= 11 is 0. The third kappa shape index (κ3) is 25.3. The SMILES string of the molecule is CCCCCCCCCCCCCCCCCC(=O)O.Cc1ccccc1.[Zn]. The Kier molecular flexibility index (Phi) is 25.7. The molecule has 0 unspecified atom stereocenters. The van der Waals surface area contributed by atoms with E-state index < -0.39 is 5.97 Å². The zero-order valence-corrected chi connectivity index (χ0v) is 21.7. The van der Waals surface area contributed by atoms with Gasteiger partial charge in [0, 0.05) is 25.9 Å². The Hall–Kier alpha value is -0.687. The largest absolute Gasteiger partial charge is 0.481 e. The summed E-state index contributed by atoms with van der Waals surface area (Å²) in [6, 6.07) is 10.3. The van der Waals surface area contributed by atoms with E-state index in [1.165, 1.54) is 89.0 Å². The van der Waals surface area contributed by atoms with Crippen LogP contribution in [0.1, 0.15) is 115 Å². The summed E-state index contributed by atoms with van der Waals surface area (Å²) in [5.41, 5.74) is 1.32. The number of rotatable bonds is 16. The predicted octanol–water partition coefficient (Wildman–Crippen LogP) is 8.33. The summed E-state index contributed by atoms with van der Waals surface area (Å²) in [5, 5.41) is 8.52. The van der Waals surface area contributed by atoms with E-state index >= 15 is 0 Å². The fourth-order valence-corrected chi connectivity index (χ4v) is 3.18. The minimum Gasteiger partial charge on any atom is -0.481 e. The standard InChI is InChI=1S/C18H36O2.C7H8.Zn/c1-2-3-4-5-6-7-8-9-10-11-12-13-14-15-16-17-18(19)20;1-7-5-3-2-4-6-7;/h2-17H2,1H3,(H,19,20);2-6H,1H3;. The van der Waals surface area contributed by atoms with Crippen LogP contribution in [0, 0.1) is 6.92 Å². The van der Waals surface area contributed by atoms with Crippen molar-refractivity contribution >= 4 is 5.97 Å². The Labute approximate surface area is 187 Å². The second-order valence-electron chi connectivity index (χ2n) is 7.75. The fraction of sp³-hybridized carbons (Fsp3) is 0.720. The fourth-order valence-electron chi connectivity index (χ4n) is 3.18. The first-order valence-electron chi connectivity index (χ1n) is 11.4. The molecule has 0 amide bonds. The van der Waals surface area contributed by atoms with E-state index in [1.54, 1.807) is 0 Å². The number of benzene rings is 1. The normalized spacial score (nSPS) is 9.93. The van der Waals surface area contributed by atoms with Crippen LogP contribution in [0.4, 0.5) is 0 Å². The van der Waals surface area contributed by atoms with E-state index in [-0.39, 0.29) is 19.5 Å². The molecule has 0 saturated carbocycles. The first-order chi connectivity index (χ1) is 13.2. The molecule has 0 aliphatic heterocycles. The molecule has 0 radical (unpaired) electrons. The van der Waals surface area contributed by atoms with Gasteiger partial charge in [0.05, 0.1) is 0 Å². The van der Waals surface area contributed by atoms with E-state index in [1.807, 2.05) is 18.2 Å². The third-order valence-electron chi connectivity index (χ3n) is 4.93. The summed E-state index contributed by atoms with van der Waals surface area (Å²) in [5.74, 6) is -0.653. The van der Waals surface area contributed by atoms with E-state index in [0.717, 1.165) is 12.8 Å². The summed E-state index contributed by atoms with van der Waals surface area (Å²) < 4.78 is 0. The third-order valence-corrected chi connectivity index (χ3v) is 4.93. The number of hydrogen-bond donors (Lipinski definition) is 1. The zero-order valence-electron chi connectivity index (χ0n) is 18.8. The van der Waals surface area contributed by atoms with Crippen molar-refractivity contribution in [2.75, 3.05) is 0 Å². The molecule has 3 heteroatoms. The first kappa shape index (κ1) is 29.5. The van der Waals surface area contributed by atoms with Crippen molar-refractivity contribution in [1.82, 2.24) is 0 Å². The summed E-state index contributed by atoms with van der Waals surface area (Å²) in [6.07, 6.45) is 20.2. The molecule has 1 aromatic carbocycles. The molecule has 0 fully saturated rings. The van der Waals surface area contributed by atoms with E-state index in [4.69, 9.17) is 5.11 Å². The molecule has 0 aliphatic carbocycles. The maximum atomic E-state index is 10.3. The van der Waals surface area contributed by atoms with E-state index in [2.05, 4.69) is 26.0 Å². The van der Waals surface area contributed by atoms with Crippen molar-refractivity contribution in [2.24, 2.45) is 0 Å². The van der Waals surface area contributed by atoms with Crippen LogP contribution in [0.25, 0.3) is 0 Å². The topological polar surface area (TPSA) is 37.3 Å². The van der Waals surface area contributed by atoms with Gasteiger partial charge in [-0.05, 0) is 13.3 Å². The molecule has 0 spiro atoms. The van der Waals surface area contributed by atoms with Crippen LogP contribution in [0.15, 0.2) is 30.3 Å². The number of carboxylic acids is 1. The van der Waals surface area contributed by atoms with Gasteiger partial charge in [-0.1, -0.05) is 133 Å². The summed E-state index contributed by atoms with van der Waals surface area (Å²) in [6.45, 7) is 4.35. The number of unbranched alkanes of at least 4 members (excludes halogenated alkanes) is 14. The van der Waals surface area contributed by atoms with Crippen LogP contribution in [0.5, 0.6) is 0 Å². The zero-order chi connectivity index (χ0) is 20.0. The van der Waals surface area contributed by atoms with Crippen molar-refractivity contribution in [2.45, 2.75) is 117 Å². The van der Waals surface area contributed by atoms with Gasteiger partial charge >= 0.3 is 5.97 Å². The van der Waals surface area contributed by atoms with Gasteiger partial charge in [0.1, 0.15) is 0 Å². The quantitative estimate of drug-likeness (QED) is 0.207. The number of carbonyl (C=O) groups is 1. The van der Waals surface area contributed by atoms with Crippen molar-refractivity contribution in [3.05, 3.63) is 35.9 Å². The van der Waals surface area contributed by atoms with Crippen molar-refractivity contribution < 1.29 is 29.4 Å². The van der Waals surface area contributed by atoms with Gasteiger partial charge in [-0.3, -0.25) is 4.79 Å². The second-order valence-corrected chi connectivity index (χ2v) is 7.75. The molecule has 0 aliphatic rings. The average Bonchev–Trinajstić information content (AvgIpc) is 2.66. The van der Waals surface area contributed by atoms with Gasteiger partial charge in [0.2, 0.25) is 0 Å². The number of hydrogen-bond acceptors (Lipinski definition) is 1. The minimum absolute atomic E-state index is 0. The van der Waals surface area contributed by atoms with Crippen LogP contribution < -0.4 is 0 Å². The Morgan fingerprint density at radius 2 is 1.04 bits per heavy atom. The average molecular weight is 442 g/mol. The molecule has 28 heavy (non-hydrogen) atoms. The number of aliphatic carboxylic acids is 1. The first-order valence-corrected chi connectivity index (χ1v) is 11.4. The van der Waals surface area contributed by atoms with Crippen LogP contribution in [-0.4, -0.2) is 11.1 Å². The summed E-state index contributed by atoms with van der Waals surface area (Å²) in [7, 11) is 0. The monoisotopic (exact) mass is 440 g/mol. The minimum atomic E-state index is -0.653. The van der Waals surface area contributed by atoms with Crippen LogP contribution in [0.3, 0.4) is 0 Å². The van der Waals surface area contributed by atoms with Gasteiger partial charge in [-0.25, -0.2) is 0 Å². The number of carboxylic acid groups (broad SMARTS) is 1. The molecule has 0 heterocycles. The van der Waals surface area contributed by atoms with E-state index in [0.29, 0.717) is 6.42 Å². The van der Waals surface area contributed by atoms with Gasteiger partial charge < -0.3 is 5.11 Å². The molecule has 1 rings (SSSR count). The molecule has 0 aromatic heterocycles. The van der Waals surface area contributed by atoms with Crippen LogP contribution in [0.2, 0.25) is 0 Å². The molecular formula is C25H44O2Zn. The second kappa shape index (κ2) is 24.4. The molecular weight excluding hydrogens is 398 g/mol. The van der Waals surface area contributed by atoms with Gasteiger partial charge in [-0.2, -0.15) is 0 Å². The van der Waals surface area contributed by atoms with Crippen LogP contribution >= 0.6 is 0 Å². The molecule has 0 bridgehead atoms. The number of aryl methyl sites for hydroxylation is 1. The molecule has 1 aromatic rings. The Morgan fingerprint density at radius 1 is 0.679 bits per heavy atom. The van der Waals surface area contributed by atoms with Crippen LogP contribution in [-0.2, 0) is 24.3 Å². The molecule has 0 saturated heterocycles. The smallest absolute Gasteiger partial charge is 0.303 e. The Bertz CT molecular complexity index is 420. The summed E-state index contributed by atoms with van der Waals surface area (Å²) in [4.78, 5) is 10.3. The Morgan fingerprint density at radius 3 is 1.32 bits per heavy atom. The maximum Gasteiger partial charge on any atom is 0.303 e. The molecule has 1 N–H and O–H groups in total. The van der Waals surface area contributed by atoms with Gasteiger partial charge in [-0.15, -0.1) is 0 Å². The van der Waals surface area contributed by atoms with Crippen molar-refractivity contribution in [1.29, 1.82) is 0 Å². The van der Waals surface area contributed by atoms with Gasteiger partial charge in [0.15, 0.2) is 0 Å². The van der Waals surface area contributed by atoms with Crippen molar-refractivity contribution in [3.63, 3.8) is 0 Å². The maximum absolute atomic E-state index is 10.3. The Balaban J connectivity index is 0. The van der Waals surface area contributed by atoms with Gasteiger partial charge in [0.25, 0.3) is 0 Å². The van der Waals surface area contributed by atoms with Crippen molar-refractivity contribution in [3.8, 4) is 0 Å². The molecule has 0 atom stereocenters. The predicted molar refractivity (Wildman–Crippen MR) is 118 cm³/mol. The molecule has 2 nitrogen and oxygen atoms in total. The molecule has 158 valence electrons. The van der Waals surface area contributed by atoms with E-state index in [9.17, 15) is 4.79 Å².